The van der Waals surface area contributed by atoms with E-state index in [0.29, 0.717) is 19.1 Å². The topological polar surface area (TPSA) is 39.8 Å². The molecule has 3 nitrogen and oxygen atoms in total. The largest absolute Gasteiger partial charge is 0.619 e. The van der Waals surface area contributed by atoms with Gasteiger partial charge in [-0.1, -0.05) is 12.1 Å². The van der Waals surface area contributed by atoms with E-state index in [0.717, 1.165) is 16.2 Å². The summed E-state index contributed by atoms with van der Waals surface area (Å²) in [5.41, 5.74) is 0. The highest BCUT2D eigenvalue weighted by Crippen LogP contribution is 2.26. The zero-order chi connectivity index (χ0) is 18.0. The maximum atomic E-state index is 13.0. The molecule has 2 aromatic carbocycles. The lowest BCUT2D eigenvalue weighted by Crippen LogP contribution is -2.23. The van der Waals surface area contributed by atoms with Crippen LogP contribution in [0.2, 0.25) is 0 Å². The van der Waals surface area contributed by atoms with Gasteiger partial charge < -0.3 is 5.21 Å². The molecule has 0 unspecified atom stereocenters. The van der Waals surface area contributed by atoms with Gasteiger partial charge in [0.05, 0.1) is 14.3 Å². The van der Waals surface area contributed by atoms with Crippen LogP contribution in [0.5, 0.6) is 0 Å². The van der Waals surface area contributed by atoms with E-state index >= 15 is 0 Å². The Morgan fingerprint density at radius 2 is 1.44 bits per heavy atom. The van der Waals surface area contributed by atoms with Gasteiger partial charge in [-0.2, -0.15) is 4.73 Å². The van der Waals surface area contributed by atoms with Crippen molar-refractivity contribution in [3.05, 3.63) is 87.0 Å². The van der Waals surface area contributed by atoms with E-state index in [9.17, 15) is 14.0 Å². The van der Waals surface area contributed by atoms with Crippen LogP contribution in [0.15, 0.2) is 70.1 Å². The average Bonchev–Trinajstić information content (AvgIpc) is 2.63. The lowest BCUT2D eigenvalue weighted by molar-refractivity contribution is -0.603. The normalized spacial score (nSPS) is 10.6. The number of fused-ring (bicyclic) bond motifs is 2. The third-order valence-corrected chi connectivity index (χ3v) is 5.15. The zero-order valence-electron chi connectivity index (χ0n) is 12.6. The van der Waals surface area contributed by atoms with Crippen LogP contribution in [0, 0.1) is 16.8 Å². The maximum absolute atomic E-state index is 13.0. The van der Waals surface area contributed by atoms with Gasteiger partial charge in [0, 0.05) is 23.8 Å². The van der Waals surface area contributed by atoms with Crippen molar-refractivity contribution < 1.29 is 13.5 Å². The van der Waals surface area contributed by atoms with E-state index in [2.05, 4.69) is 36.8 Å². The molecule has 4 rings (SSSR count). The van der Waals surface area contributed by atoms with E-state index < -0.39 is 0 Å². The van der Waals surface area contributed by atoms with Crippen molar-refractivity contribution in [2.45, 2.75) is 0 Å². The molecule has 0 saturated heterocycles. The molecule has 0 radical (unpaired) electrons. The highest BCUT2D eigenvalue weighted by molar-refractivity contribution is 9.11. The number of hydrogen-bond donors (Lipinski definition) is 0. The minimum absolute atomic E-state index is 0.254. The van der Waals surface area contributed by atoms with Crippen LogP contribution >= 0.6 is 31.9 Å². The van der Waals surface area contributed by atoms with Gasteiger partial charge in [0.15, 0.2) is 12.4 Å². The third-order valence-electron chi connectivity index (χ3n) is 3.53. The first-order chi connectivity index (χ1) is 12.0. The number of benzene rings is 2. The maximum Gasteiger partial charge on any atom is 0.189 e. The van der Waals surface area contributed by atoms with Gasteiger partial charge in [0.2, 0.25) is 0 Å². The lowest BCUT2D eigenvalue weighted by Gasteiger charge is -2.01. The molecule has 4 aromatic rings. The molecule has 0 aliphatic heterocycles. The number of pyridine rings is 2. The number of hydrogen-bond acceptors (Lipinski definition) is 2. The number of nitrogens with zero attached hydrogens (tertiary/aromatic N) is 2. The fraction of sp³-hybridized carbons (Fsp3) is 0. The molecule has 0 amide bonds. The lowest BCUT2D eigenvalue weighted by atomic mass is 10.2. The Bertz CT molecular complexity index is 1070. The second kappa shape index (κ2) is 7.41. The van der Waals surface area contributed by atoms with Crippen LogP contribution in [-0.4, -0.2) is 4.98 Å². The summed E-state index contributed by atoms with van der Waals surface area (Å²) in [6.07, 6.45) is 6.05. The van der Waals surface area contributed by atoms with Crippen molar-refractivity contribution in [3.63, 3.8) is 0 Å². The third kappa shape index (κ3) is 3.77. The fourth-order valence-electron chi connectivity index (χ4n) is 2.28. The average molecular weight is 468 g/mol. The summed E-state index contributed by atoms with van der Waals surface area (Å²) in [4.78, 5) is 3.92. The van der Waals surface area contributed by atoms with Gasteiger partial charge in [-0.3, -0.25) is 4.98 Å². The molecule has 2 heterocycles. The molecule has 2 aromatic heterocycles. The Morgan fingerprint density at radius 3 is 2.12 bits per heavy atom. The molecule has 0 fully saturated rings. The first kappa shape index (κ1) is 17.7. The van der Waals surface area contributed by atoms with Crippen LogP contribution in [0.25, 0.3) is 21.5 Å². The Hall–Kier alpha value is -2.12. The van der Waals surface area contributed by atoms with E-state index in [1.165, 1.54) is 24.5 Å². The molecule has 0 spiro atoms. The first-order valence-electron chi connectivity index (χ1n) is 7.11. The van der Waals surface area contributed by atoms with Gasteiger partial charge in [-0.25, -0.2) is 8.78 Å². The first-order valence-corrected chi connectivity index (χ1v) is 8.70. The highest BCUT2D eigenvalue weighted by atomic mass is 79.9. The monoisotopic (exact) mass is 466 g/mol. The Labute approximate surface area is 158 Å². The number of halogens is 4. The van der Waals surface area contributed by atoms with Crippen molar-refractivity contribution in [2.24, 2.45) is 0 Å². The SMILES string of the molecule is Fc1ccc2ccncc2c1Br.[O-][n+]1ccc2ccc(F)c(Br)c2c1. The molecule has 126 valence electrons. The van der Waals surface area contributed by atoms with Gasteiger partial charge in [-0.15, -0.1) is 0 Å². The second-order valence-electron chi connectivity index (χ2n) is 5.13. The molecule has 7 heteroatoms. The predicted molar refractivity (Wildman–Crippen MR) is 100.0 cm³/mol. The van der Waals surface area contributed by atoms with Crippen LogP contribution < -0.4 is 4.73 Å². The minimum atomic E-state index is -0.362. The Morgan fingerprint density at radius 1 is 0.840 bits per heavy atom. The van der Waals surface area contributed by atoms with Crippen molar-refractivity contribution in [2.75, 3.05) is 0 Å². The van der Waals surface area contributed by atoms with Crippen molar-refractivity contribution in [3.8, 4) is 0 Å². The second-order valence-corrected chi connectivity index (χ2v) is 6.71. The molecular formula is C18H10Br2F2N2O. The molecule has 0 N–H and O–H groups in total. The smallest absolute Gasteiger partial charge is 0.189 e. The van der Waals surface area contributed by atoms with E-state index in [1.807, 2.05) is 6.07 Å². The summed E-state index contributed by atoms with van der Waals surface area (Å²) in [6.45, 7) is 0. The van der Waals surface area contributed by atoms with Crippen molar-refractivity contribution in [1.29, 1.82) is 0 Å². The molecule has 0 aliphatic carbocycles. The van der Waals surface area contributed by atoms with E-state index in [4.69, 9.17) is 0 Å². The van der Waals surface area contributed by atoms with E-state index in [-0.39, 0.29) is 11.6 Å². The standard InChI is InChI=1S/C9H5BrFNO.C9H5BrFN/c10-9-7-5-12(13)4-3-6(7)1-2-8(9)11;10-9-7-5-12-4-3-6(7)1-2-8(9)11/h1-5H;1-5H. The summed E-state index contributed by atoms with van der Waals surface area (Å²) >= 11 is 6.25. The zero-order valence-corrected chi connectivity index (χ0v) is 15.8. The summed E-state index contributed by atoms with van der Waals surface area (Å²) < 4.78 is 27.5. The Kier molecular flexibility index (Phi) is 5.24. The molecule has 0 aliphatic rings. The van der Waals surface area contributed by atoms with Crippen LogP contribution in [0.3, 0.4) is 0 Å². The predicted octanol–water partition coefficient (Wildman–Crippen LogP) is 5.51. The molecule has 25 heavy (non-hydrogen) atoms. The van der Waals surface area contributed by atoms with Gasteiger partial charge in [0.1, 0.15) is 11.6 Å². The molecule has 0 bridgehead atoms. The summed E-state index contributed by atoms with van der Waals surface area (Å²) in [5, 5.41) is 14.1. The van der Waals surface area contributed by atoms with Crippen LogP contribution in [-0.2, 0) is 0 Å². The van der Waals surface area contributed by atoms with Crippen molar-refractivity contribution in [1.82, 2.24) is 4.98 Å². The molecule has 0 saturated carbocycles. The highest BCUT2D eigenvalue weighted by Gasteiger charge is 2.06. The minimum Gasteiger partial charge on any atom is -0.619 e. The summed E-state index contributed by atoms with van der Waals surface area (Å²) in [6, 6.07) is 9.66. The van der Waals surface area contributed by atoms with Crippen LogP contribution in [0.4, 0.5) is 8.78 Å². The van der Waals surface area contributed by atoms with E-state index in [1.54, 1.807) is 30.6 Å². The molecule has 0 atom stereocenters. The van der Waals surface area contributed by atoms with Gasteiger partial charge in [-0.05, 0) is 60.8 Å². The molecular weight excluding hydrogens is 458 g/mol. The summed E-state index contributed by atoms with van der Waals surface area (Å²) in [5.74, 6) is -0.616. The van der Waals surface area contributed by atoms with Gasteiger partial charge >= 0.3 is 0 Å². The quantitative estimate of drug-likeness (QED) is 0.252. The number of rotatable bonds is 0. The fourth-order valence-corrected chi connectivity index (χ4v) is 3.21. The summed E-state index contributed by atoms with van der Waals surface area (Å²) in [7, 11) is 0. The number of aromatic nitrogens is 2. The van der Waals surface area contributed by atoms with Gasteiger partial charge in [0.25, 0.3) is 0 Å². The Balaban J connectivity index is 0.000000146. The van der Waals surface area contributed by atoms with Crippen molar-refractivity contribution >= 4 is 53.4 Å². The van der Waals surface area contributed by atoms with Crippen LogP contribution in [0.1, 0.15) is 0 Å².